The molecular weight excluding hydrogens is 378 g/mol. The van der Waals surface area contributed by atoms with Gasteiger partial charge in [-0.15, -0.1) is 15.3 Å². The average molecular weight is 399 g/mol. The number of hydrogen-bond acceptors (Lipinski definition) is 9. The Kier molecular flexibility index (Phi) is 5.81. The van der Waals surface area contributed by atoms with Crippen LogP contribution in [0.4, 0.5) is 0 Å². The molecule has 1 amide bonds. The zero-order valence-corrected chi connectivity index (χ0v) is 16.0. The summed E-state index contributed by atoms with van der Waals surface area (Å²) < 4.78 is 12.3. The molecule has 3 heterocycles. The molecule has 152 valence electrons. The Morgan fingerprint density at radius 1 is 1.28 bits per heavy atom. The number of carbonyl (C=O) groups excluding carboxylic acids is 1. The van der Waals surface area contributed by atoms with Crippen molar-refractivity contribution in [3.8, 4) is 5.69 Å². The fourth-order valence-corrected chi connectivity index (χ4v) is 3.02. The second-order valence-electron chi connectivity index (χ2n) is 6.53. The van der Waals surface area contributed by atoms with E-state index >= 15 is 0 Å². The minimum atomic E-state index is -0.383. The lowest BCUT2D eigenvalue weighted by molar-refractivity contribution is -0.138. The maximum absolute atomic E-state index is 12.8. The van der Waals surface area contributed by atoms with Crippen molar-refractivity contribution in [3.63, 3.8) is 0 Å². The molecule has 12 nitrogen and oxygen atoms in total. The second-order valence-corrected chi connectivity index (χ2v) is 6.53. The average Bonchev–Trinajstić information content (AvgIpc) is 3.45. The number of amides is 1. The van der Waals surface area contributed by atoms with Gasteiger partial charge in [-0.25, -0.2) is 4.68 Å². The van der Waals surface area contributed by atoms with Crippen LogP contribution < -0.4 is 0 Å². The number of nitrogens with zero attached hydrogens (tertiary/aromatic N) is 9. The molecule has 2 aromatic heterocycles. The molecule has 29 heavy (non-hydrogen) atoms. The van der Waals surface area contributed by atoms with Crippen LogP contribution in [0.25, 0.3) is 5.69 Å². The lowest BCUT2D eigenvalue weighted by Crippen LogP contribution is -2.43. The van der Waals surface area contributed by atoms with E-state index in [1.807, 2.05) is 24.3 Å². The van der Waals surface area contributed by atoms with Crippen LogP contribution in [-0.2, 0) is 27.2 Å². The summed E-state index contributed by atoms with van der Waals surface area (Å²) >= 11 is 0. The van der Waals surface area contributed by atoms with Gasteiger partial charge in [-0.3, -0.25) is 4.79 Å². The third-order valence-electron chi connectivity index (χ3n) is 4.58. The van der Waals surface area contributed by atoms with E-state index < -0.39 is 0 Å². The Balaban J connectivity index is 1.35. The Bertz CT molecular complexity index is 926. The smallest absolute Gasteiger partial charge is 0.227 e. The summed E-state index contributed by atoms with van der Waals surface area (Å²) in [6.07, 6.45) is 1.44. The van der Waals surface area contributed by atoms with Crippen molar-refractivity contribution < 1.29 is 14.3 Å². The predicted octanol–water partition coefficient (Wildman–Crippen LogP) is -0.562. The van der Waals surface area contributed by atoms with Crippen molar-refractivity contribution in [2.75, 3.05) is 33.4 Å². The largest absolute Gasteiger partial charge is 0.383 e. The lowest BCUT2D eigenvalue weighted by atomic mass is 10.1. The Hall–Kier alpha value is -3.25. The van der Waals surface area contributed by atoms with Crippen molar-refractivity contribution in [1.29, 1.82) is 0 Å². The predicted molar refractivity (Wildman–Crippen MR) is 97.8 cm³/mol. The monoisotopic (exact) mass is 399 g/mol. The Morgan fingerprint density at radius 2 is 2.14 bits per heavy atom. The van der Waals surface area contributed by atoms with Gasteiger partial charge in [-0.05, 0) is 33.3 Å². The summed E-state index contributed by atoms with van der Waals surface area (Å²) in [5, 5.41) is 23.4. The van der Waals surface area contributed by atoms with Crippen molar-refractivity contribution in [2.24, 2.45) is 0 Å². The number of tetrazole rings is 2. The van der Waals surface area contributed by atoms with E-state index in [4.69, 9.17) is 9.47 Å². The van der Waals surface area contributed by atoms with Crippen LogP contribution in [0.15, 0.2) is 30.6 Å². The molecule has 0 bridgehead atoms. The zero-order chi connectivity index (χ0) is 20.1. The number of morpholine rings is 1. The van der Waals surface area contributed by atoms with E-state index in [1.165, 1.54) is 11.1 Å². The molecule has 1 aliphatic heterocycles. The minimum Gasteiger partial charge on any atom is -0.383 e. The van der Waals surface area contributed by atoms with Gasteiger partial charge in [0.2, 0.25) is 11.7 Å². The third-order valence-corrected chi connectivity index (χ3v) is 4.58. The van der Waals surface area contributed by atoms with Gasteiger partial charge in [-0.2, -0.15) is 4.80 Å². The fraction of sp³-hybridized carbons (Fsp3) is 0.471. The molecule has 0 aliphatic carbocycles. The van der Waals surface area contributed by atoms with Crippen LogP contribution in [0.3, 0.4) is 0 Å². The van der Waals surface area contributed by atoms with Gasteiger partial charge >= 0.3 is 0 Å². The van der Waals surface area contributed by atoms with E-state index in [2.05, 4.69) is 30.9 Å². The van der Waals surface area contributed by atoms with E-state index in [0.717, 1.165) is 11.3 Å². The van der Waals surface area contributed by atoms with Gasteiger partial charge in [-0.1, -0.05) is 12.1 Å². The van der Waals surface area contributed by atoms with E-state index in [9.17, 15) is 4.79 Å². The summed E-state index contributed by atoms with van der Waals surface area (Å²) in [4.78, 5) is 16.0. The number of hydrogen-bond donors (Lipinski definition) is 0. The maximum atomic E-state index is 12.8. The zero-order valence-electron chi connectivity index (χ0n) is 16.0. The summed E-state index contributed by atoms with van der Waals surface area (Å²) in [7, 11) is 1.62. The van der Waals surface area contributed by atoms with Crippen LogP contribution in [-0.4, -0.2) is 84.6 Å². The molecule has 3 aromatic rings. The summed E-state index contributed by atoms with van der Waals surface area (Å²) in [6, 6.07) is 7.55. The highest BCUT2D eigenvalue weighted by Gasteiger charge is 2.28. The molecule has 12 heteroatoms. The quantitative estimate of drug-likeness (QED) is 0.514. The van der Waals surface area contributed by atoms with Gasteiger partial charge in [0.25, 0.3) is 0 Å². The van der Waals surface area contributed by atoms with Crippen LogP contribution in [0.1, 0.15) is 17.5 Å². The molecule has 1 unspecified atom stereocenters. The van der Waals surface area contributed by atoms with Gasteiger partial charge in [0, 0.05) is 13.7 Å². The summed E-state index contributed by atoms with van der Waals surface area (Å²) in [5.41, 5.74) is 1.75. The highest BCUT2D eigenvalue weighted by molar-refractivity contribution is 5.79. The molecule has 1 fully saturated rings. The Labute approximate surface area is 166 Å². The van der Waals surface area contributed by atoms with Crippen molar-refractivity contribution >= 4 is 5.91 Å². The number of ether oxygens (including phenoxy) is 2. The van der Waals surface area contributed by atoms with Gasteiger partial charge < -0.3 is 14.4 Å². The topological polar surface area (TPSA) is 126 Å². The normalized spacial score (nSPS) is 16.9. The highest BCUT2D eigenvalue weighted by Crippen LogP contribution is 2.19. The summed E-state index contributed by atoms with van der Waals surface area (Å²) in [5.74, 6) is 0.504. The first kappa shape index (κ1) is 19.1. The number of carbonyl (C=O) groups is 1. The molecule has 0 radical (unpaired) electrons. The molecule has 4 rings (SSSR count). The van der Waals surface area contributed by atoms with E-state index in [0.29, 0.717) is 45.1 Å². The first-order chi connectivity index (χ1) is 14.2. The highest BCUT2D eigenvalue weighted by atomic mass is 16.5. The molecule has 1 aromatic carbocycles. The first-order valence-electron chi connectivity index (χ1n) is 9.21. The SMILES string of the molecule is COCCn1nnc(C2CN(C(=O)Cc3ccc(-n4cnnn4)cc3)CCO2)n1. The number of aromatic nitrogens is 8. The van der Waals surface area contributed by atoms with Gasteiger partial charge in [0.1, 0.15) is 12.4 Å². The molecule has 0 saturated carbocycles. The van der Waals surface area contributed by atoms with Crippen LogP contribution in [0, 0.1) is 0 Å². The van der Waals surface area contributed by atoms with Crippen molar-refractivity contribution in [3.05, 3.63) is 42.0 Å². The third kappa shape index (κ3) is 4.60. The molecule has 1 saturated heterocycles. The minimum absolute atomic E-state index is 0.0280. The maximum Gasteiger partial charge on any atom is 0.227 e. The lowest BCUT2D eigenvalue weighted by Gasteiger charge is -2.31. The van der Waals surface area contributed by atoms with Crippen LogP contribution >= 0.6 is 0 Å². The fourth-order valence-electron chi connectivity index (χ4n) is 3.02. The number of rotatable bonds is 7. The van der Waals surface area contributed by atoms with Crippen molar-refractivity contribution in [2.45, 2.75) is 19.1 Å². The van der Waals surface area contributed by atoms with Crippen molar-refractivity contribution in [1.82, 2.24) is 45.3 Å². The second kappa shape index (κ2) is 8.84. The molecular formula is C17H21N9O3. The van der Waals surface area contributed by atoms with Gasteiger partial charge in [0.05, 0.1) is 38.4 Å². The number of methoxy groups -OCH3 is 1. The molecule has 0 N–H and O–H groups in total. The van der Waals surface area contributed by atoms with Crippen LogP contribution in [0.5, 0.6) is 0 Å². The van der Waals surface area contributed by atoms with E-state index in [-0.39, 0.29) is 12.0 Å². The molecule has 1 atom stereocenters. The van der Waals surface area contributed by atoms with E-state index in [1.54, 1.807) is 16.7 Å². The molecule has 1 aliphatic rings. The summed E-state index contributed by atoms with van der Waals surface area (Å²) in [6.45, 7) is 2.38. The number of benzene rings is 1. The Morgan fingerprint density at radius 3 is 2.90 bits per heavy atom. The standard InChI is InChI=1S/C17H21N9O3/c1-28-8-7-26-20-17(19-22-26)15-11-24(6-9-29-15)16(27)10-13-2-4-14(5-3-13)25-12-18-21-23-25/h2-5,12,15H,6-11H2,1H3. The first-order valence-corrected chi connectivity index (χ1v) is 9.21. The van der Waals surface area contributed by atoms with Crippen LogP contribution in [0.2, 0.25) is 0 Å². The molecule has 0 spiro atoms. The van der Waals surface area contributed by atoms with Gasteiger partial charge in [0.15, 0.2) is 0 Å².